The number of fused-ring (bicyclic) bond motifs is 5. The topological polar surface area (TPSA) is 37.2 Å². The van der Waals surface area contributed by atoms with Gasteiger partial charge in [-0.3, -0.25) is 0 Å². The first-order valence-electron chi connectivity index (χ1n) is 7.13. The minimum Gasteiger partial charge on any atom is -0.356 e. The fourth-order valence-corrected chi connectivity index (χ4v) is 6.62. The van der Waals surface area contributed by atoms with Gasteiger partial charge in [0.1, 0.15) is 26.5 Å². The molecule has 0 aromatic heterocycles. The highest BCUT2D eigenvalue weighted by atomic mass is 79.9. The van der Waals surface area contributed by atoms with Gasteiger partial charge in [-0.15, -0.1) is 0 Å². The second-order valence-electron chi connectivity index (χ2n) is 6.29. The Morgan fingerprint density at radius 3 is 2.39 bits per heavy atom. The second kappa shape index (κ2) is 5.13. The lowest BCUT2D eigenvalue weighted by atomic mass is 9.89. The molecule has 4 nitrogen and oxygen atoms in total. The van der Waals surface area contributed by atoms with Crippen molar-refractivity contribution in [3.8, 4) is 0 Å². The van der Waals surface area contributed by atoms with Crippen molar-refractivity contribution in [1.29, 1.82) is 0 Å². The number of para-hydroxylation sites is 1. The van der Waals surface area contributed by atoms with E-state index in [0.29, 0.717) is 0 Å². The SMILES string of the molecule is C[C@@]12O[C@@](C)([C@H]3N=NN(c4ccccc4)[C@H]31)C(Br)(Br)C(Br)=C2Br. The van der Waals surface area contributed by atoms with E-state index in [9.17, 15) is 0 Å². The van der Waals surface area contributed by atoms with E-state index in [1.807, 2.05) is 35.3 Å². The molecule has 0 saturated carbocycles. The number of anilines is 1. The summed E-state index contributed by atoms with van der Waals surface area (Å²) in [7, 11) is 0. The fraction of sp³-hybridized carbons (Fsp3) is 0.467. The molecule has 23 heavy (non-hydrogen) atoms. The summed E-state index contributed by atoms with van der Waals surface area (Å²) in [6, 6.07) is 9.93. The molecule has 1 saturated heterocycles. The van der Waals surface area contributed by atoms with Gasteiger partial charge in [0.25, 0.3) is 0 Å². The normalized spacial score (nSPS) is 40.7. The number of halogens is 4. The van der Waals surface area contributed by atoms with Crippen molar-refractivity contribution in [1.82, 2.24) is 0 Å². The first-order chi connectivity index (χ1) is 10.7. The van der Waals surface area contributed by atoms with E-state index in [1.54, 1.807) is 0 Å². The molecule has 0 amide bonds. The predicted molar refractivity (Wildman–Crippen MR) is 105 cm³/mol. The van der Waals surface area contributed by atoms with E-state index in [-0.39, 0.29) is 12.1 Å². The molecule has 0 N–H and O–H groups in total. The molecule has 122 valence electrons. The van der Waals surface area contributed by atoms with Gasteiger partial charge in [0.15, 0.2) is 0 Å². The lowest BCUT2D eigenvalue weighted by molar-refractivity contribution is -0.0766. The Morgan fingerprint density at radius 1 is 1.09 bits per heavy atom. The summed E-state index contributed by atoms with van der Waals surface area (Å²) in [5, 5.41) is 11.0. The van der Waals surface area contributed by atoms with Crippen LogP contribution in [0.25, 0.3) is 0 Å². The van der Waals surface area contributed by atoms with Crippen LogP contribution < -0.4 is 5.01 Å². The average molecular weight is 571 g/mol. The summed E-state index contributed by atoms with van der Waals surface area (Å²) in [5.41, 5.74) is -0.131. The quantitative estimate of drug-likeness (QED) is 0.409. The van der Waals surface area contributed by atoms with E-state index in [2.05, 4.69) is 87.9 Å². The summed E-state index contributed by atoms with van der Waals surface area (Å²) in [6.07, 6.45) is 0. The zero-order valence-corrected chi connectivity index (χ0v) is 18.6. The third-order valence-electron chi connectivity index (χ3n) is 4.94. The Hall–Kier alpha value is 0.240. The largest absolute Gasteiger partial charge is 0.356 e. The van der Waals surface area contributed by atoms with Gasteiger partial charge in [0.05, 0.1) is 5.69 Å². The molecule has 3 aliphatic rings. The molecule has 4 atom stereocenters. The number of ether oxygens (including phenoxy) is 1. The Bertz CT molecular complexity index is 737. The molecule has 0 radical (unpaired) electrons. The standard InChI is InChI=1S/C15H13Br4N3O/c1-13-9(16)10(17)15(18,19)14(2,23-13)11-12(13)22(21-20-11)8-6-4-3-5-7-8/h3-7,11-12H,1-2H3/t11-,12+,13-,14-/m0/s1. The molecule has 8 heteroatoms. The molecule has 1 aromatic rings. The first kappa shape index (κ1) is 16.7. The second-order valence-corrected chi connectivity index (χ2v) is 11.3. The summed E-state index contributed by atoms with van der Waals surface area (Å²) in [4.78, 5) is 0. The van der Waals surface area contributed by atoms with E-state index in [1.165, 1.54) is 0 Å². The smallest absolute Gasteiger partial charge is 0.143 e. The van der Waals surface area contributed by atoms with Crippen molar-refractivity contribution in [2.75, 3.05) is 5.01 Å². The summed E-state index contributed by atoms with van der Waals surface area (Å²) in [5.74, 6) is 0. The highest BCUT2D eigenvalue weighted by Gasteiger charge is 2.74. The lowest BCUT2D eigenvalue weighted by Gasteiger charge is -2.45. The van der Waals surface area contributed by atoms with Crippen LogP contribution in [0.5, 0.6) is 0 Å². The van der Waals surface area contributed by atoms with E-state index in [0.717, 1.165) is 14.7 Å². The van der Waals surface area contributed by atoms with Gasteiger partial charge in [-0.1, -0.05) is 87.1 Å². The third-order valence-corrected chi connectivity index (χ3v) is 11.1. The molecule has 0 aliphatic carbocycles. The monoisotopic (exact) mass is 567 g/mol. The molecule has 0 unspecified atom stereocenters. The molecule has 3 heterocycles. The van der Waals surface area contributed by atoms with Gasteiger partial charge in [0, 0.05) is 8.96 Å². The van der Waals surface area contributed by atoms with Gasteiger partial charge < -0.3 is 4.74 Å². The van der Waals surface area contributed by atoms with Crippen LogP contribution in [-0.2, 0) is 4.74 Å². The van der Waals surface area contributed by atoms with Crippen LogP contribution in [0, 0.1) is 0 Å². The van der Waals surface area contributed by atoms with Gasteiger partial charge in [-0.25, -0.2) is 5.01 Å². The third kappa shape index (κ3) is 1.96. The van der Waals surface area contributed by atoms with Crippen LogP contribution in [0.1, 0.15) is 13.8 Å². The molecule has 2 bridgehead atoms. The zero-order valence-electron chi connectivity index (χ0n) is 12.3. The van der Waals surface area contributed by atoms with Crippen LogP contribution in [-0.4, -0.2) is 26.5 Å². The van der Waals surface area contributed by atoms with E-state index >= 15 is 0 Å². The Balaban J connectivity index is 1.89. The van der Waals surface area contributed by atoms with Crippen molar-refractivity contribution < 1.29 is 4.74 Å². The number of hydrogen-bond donors (Lipinski definition) is 0. The lowest BCUT2D eigenvalue weighted by Crippen LogP contribution is -2.53. The number of alkyl halides is 2. The molecule has 0 spiro atoms. The Labute approximate surface area is 168 Å². The minimum atomic E-state index is -0.588. The predicted octanol–water partition coefficient (Wildman–Crippen LogP) is 5.66. The van der Waals surface area contributed by atoms with Gasteiger partial charge in [0.2, 0.25) is 0 Å². The number of rotatable bonds is 1. The van der Waals surface area contributed by atoms with Crippen LogP contribution >= 0.6 is 63.7 Å². The molecular weight excluding hydrogens is 558 g/mol. The fourth-order valence-electron chi connectivity index (χ4n) is 3.66. The van der Waals surface area contributed by atoms with Crippen molar-refractivity contribution in [3.05, 3.63) is 39.3 Å². The van der Waals surface area contributed by atoms with Gasteiger partial charge in [-0.05, 0) is 26.0 Å². The van der Waals surface area contributed by atoms with Gasteiger partial charge >= 0.3 is 0 Å². The van der Waals surface area contributed by atoms with Crippen molar-refractivity contribution in [2.45, 2.75) is 40.4 Å². The zero-order chi connectivity index (χ0) is 16.6. The molecule has 1 fully saturated rings. The van der Waals surface area contributed by atoms with E-state index in [4.69, 9.17) is 4.74 Å². The Kier molecular flexibility index (Phi) is 3.72. The first-order valence-corrected chi connectivity index (χ1v) is 10.3. The van der Waals surface area contributed by atoms with Crippen molar-refractivity contribution >= 4 is 69.4 Å². The Morgan fingerprint density at radius 2 is 1.74 bits per heavy atom. The number of nitrogens with zero attached hydrogens (tertiary/aromatic N) is 3. The molecule has 1 aromatic carbocycles. The molecule has 4 rings (SSSR count). The van der Waals surface area contributed by atoms with Gasteiger partial charge in [-0.2, -0.15) is 5.11 Å². The number of hydrogen-bond acceptors (Lipinski definition) is 4. The highest BCUT2D eigenvalue weighted by Crippen LogP contribution is 2.66. The van der Waals surface area contributed by atoms with Crippen LogP contribution in [0.2, 0.25) is 0 Å². The van der Waals surface area contributed by atoms with Crippen molar-refractivity contribution in [3.63, 3.8) is 0 Å². The maximum Gasteiger partial charge on any atom is 0.143 e. The van der Waals surface area contributed by atoms with E-state index < -0.39 is 14.4 Å². The minimum absolute atomic E-state index is 0.0335. The van der Waals surface area contributed by atoms with Crippen molar-refractivity contribution in [2.24, 2.45) is 10.3 Å². The summed E-state index contributed by atoms with van der Waals surface area (Å²) < 4.78 is 7.93. The molecular formula is C15H13Br4N3O. The summed E-state index contributed by atoms with van der Waals surface area (Å²) >= 11 is 15.0. The van der Waals surface area contributed by atoms with Crippen LogP contribution in [0.4, 0.5) is 5.69 Å². The van der Waals surface area contributed by atoms with Crippen LogP contribution in [0.15, 0.2) is 49.6 Å². The maximum atomic E-state index is 6.57. The number of benzene rings is 1. The average Bonchev–Trinajstić information content (AvgIpc) is 3.06. The van der Waals surface area contributed by atoms with Crippen LogP contribution in [0.3, 0.4) is 0 Å². The maximum absolute atomic E-state index is 6.57. The summed E-state index contributed by atoms with van der Waals surface area (Å²) in [6.45, 7) is 4.15. The highest BCUT2D eigenvalue weighted by molar-refractivity contribution is 9.26. The molecule has 3 aliphatic heterocycles.